The maximum Gasteiger partial charge on any atom is 0.319 e. The fraction of sp³-hybridized carbons (Fsp3) is 0.385. The number of carbonyl (C=O) groups is 2. The van der Waals surface area contributed by atoms with Gasteiger partial charge in [0.1, 0.15) is 0 Å². The van der Waals surface area contributed by atoms with Crippen molar-refractivity contribution in [1.82, 2.24) is 5.32 Å². The Morgan fingerprint density at radius 2 is 1.81 bits per heavy atom. The molecule has 1 unspecified atom stereocenters. The fourth-order valence-corrected chi connectivity index (χ4v) is 1.60. The molecule has 1 atom stereocenters. The minimum Gasteiger partial charge on any atom is -0.481 e. The first-order valence-corrected chi connectivity index (χ1v) is 6.15. The molecule has 0 saturated carbocycles. The molecule has 0 bridgehead atoms. The molecule has 3 N–H and O–H groups in total. The van der Waals surface area contributed by atoms with Crippen molar-refractivity contribution in [2.24, 2.45) is 11.8 Å². The van der Waals surface area contributed by atoms with E-state index in [4.69, 9.17) is 5.11 Å². The van der Waals surface area contributed by atoms with Crippen LogP contribution in [0.2, 0.25) is 0 Å². The second-order valence-corrected chi connectivity index (χ2v) is 4.75. The fourth-order valence-electron chi connectivity index (χ4n) is 1.60. The molecular weight excluding hydrogens is 289 g/mol. The zero-order valence-electron chi connectivity index (χ0n) is 11.4. The van der Waals surface area contributed by atoms with E-state index in [0.717, 1.165) is 6.07 Å². The van der Waals surface area contributed by atoms with Crippen LogP contribution in [0.15, 0.2) is 12.1 Å². The molecule has 0 saturated heterocycles. The van der Waals surface area contributed by atoms with Gasteiger partial charge in [-0.2, -0.15) is 0 Å². The van der Waals surface area contributed by atoms with Crippen molar-refractivity contribution in [1.29, 1.82) is 0 Å². The lowest BCUT2D eigenvalue weighted by Crippen LogP contribution is -2.38. The predicted octanol–water partition coefficient (Wildman–Crippen LogP) is 2.58. The summed E-state index contributed by atoms with van der Waals surface area (Å²) in [4.78, 5) is 22.4. The molecule has 0 spiro atoms. The number of carbonyl (C=O) groups excluding carboxylic acids is 1. The molecule has 2 amide bonds. The minimum atomic E-state index is -1.70. The van der Waals surface area contributed by atoms with Crippen LogP contribution in [0.25, 0.3) is 0 Å². The number of carboxylic acids is 1. The quantitative estimate of drug-likeness (QED) is 0.732. The van der Waals surface area contributed by atoms with Gasteiger partial charge in [-0.3, -0.25) is 4.79 Å². The summed E-state index contributed by atoms with van der Waals surface area (Å²) < 4.78 is 39.0. The third-order valence-electron chi connectivity index (χ3n) is 2.89. The van der Waals surface area contributed by atoms with Crippen LogP contribution in [-0.4, -0.2) is 23.7 Å². The summed E-state index contributed by atoms with van der Waals surface area (Å²) in [5.74, 6) is -6.70. The average molecular weight is 304 g/mol. The maximum atomic E-state index is 13.3. The largest absolute Gasteiger partial charge is 0.481 e. The molecule has 21 heavy (non-hydrogen) atoms. The third-order valence-corrected chi connectivity index (χ3v) is 2.89. The Bertz CT molecular complexity index is 550. The van der Waals surface area contributed by atoms with Gasteiger partial charge in [0, 0.05) is 6.54 Å². The molecule has 1 aromatic rings. The smallest absolute Gasteiger partial charge is 0.319 e. The number of hydrogen-bond acceptors (Lipinski definition) is 2. The Labute approximate surface area is 119 Å². The van der Waals surface area contributed by atoms with Gasteiger partial charge in [0.25, 0.3) is 0 Å². The summed E-state index contributed by atoms with van der Waals surface area (Å²) in [6.07, 6.45) is 0. The van der Waals surface area contributed by atoms with E-state index in [-0.39, 0.29) is 12.5 Å². The molecule has 0 heterocycles. The van der Waals surface area contributed by atoms with Gasteiger partial charge in [0.2, 0.25) is 0 Å². The highest BCUT2D eigenvalue weighted by Crippen LogP contribution is 2.19. The molecule has 116 valence electrons. The van der Waals surface area contributed by atoms with Crippen molar-refractivity contribution < 1.29 is 27.9 Å². The molecule has 1 rings (SSSR count). The van der Waals surface area contributed by atoms with E-state index in [1.54, 1.807) is 13.8 Å². The monoisotopic (exact) mass is 304 g/mol. The molecule has 1 aromatic carbocycles. The zero-order valence-corrected chi connectivity index (χ0v) is 11.4. The van der Waals surface area contributed by atoms with Crippen LogP contribution >= 0.6 is 0 Å². The first kappa shape index (κ1) is 16.8. The molecule has 0 aliphatic rings. The van der Waals surface area contributed by atoms with E-state index in [1.165, 1.54) is 0 Å². The molecule has 0 radical (unpaired) electrons. The van der Waals surface area contributed by atoms with Crippen LogP contribution in [0.4, 0.5) is 23.7 Å². The number of carboxylic acid groups (broad SMARTS) is 1. The van der Waals surface area contributed by atoms with Gasteiger partial charge in [-0.05, 0) is 18.1 Å². The van der Waals surface area contributed by atoms with E-state index in [2.05, 4.69) is 5.32 Å². The second-order valence-electron chi connectivity index (χ2n) is 4.75. The Hall–Kier alpha value is -2.25. The van der Waals surface area contributed by atoms with Gasteiger partial charge < -0.3 is 15.7 Å². The van der Waals surface area contributed by atoms with Gasteiger partial charge in [-0.1, -0.05) is 13.8 Å². The van der Waals surface area contributed by atoms with Crippen molar-refractivity contribution in [2.45, 2.75) is 13.8 Å². The molecule has 8 heteroatoms. The number of aliphatic carboxylic acids is 1. The van der Waals surface area contributed by atoms with Crippen molar-refractivity contribution in [3.8, 4) is 0 Å². The van der Waals surface area contributed by atoms with Crippen molar-refractivity contribution in [2.75, 3.05) is 11.9 Å². The van der Waals surface area contributed by atoms with Crippen molar-refractivity contribution in [3.63, 3.8) is 0 Å². The number of halogens is 3. The Balaban J connectivity index is 2.66. The Kier molecular flexibility index (Phi) is 5.57. The van der Waals surface area contributed by atoms with E-state index in [9.17, 15) is 22.8 Å². The number of rotatable bonds is 5. The van der Waals surface area contributed by atoms with Gasteiger partial charge >= 0.3 is 12.0 Å². The SMILES string of the molecule is CC(C)C(CNC(=O)Nc1ccc(F)c(F)c1F)C(=O)O. The summed E-state index contributed by atoms with van der Waals surface area (Å²) in [5, 5.41) is 13.2. The number of benzene rings is 1. The standard InChI is InChI=1S/C13H15F3N2O3/c1-6(2)7(12(19)20)5-17-13(21)18-9-4-3-8(14)10(15)11(9)16/h3-4,6-7H,5H2,1-2H3,(H,19,20)(H2,17,18,21). The Morgan fingerprint density at radius 1 is 1.19 bits per heavy atom. The minimum absolute atomic E-state index is 0.176. The summed E-state index contributed by atoms with van der Waals surface area (Å²) in [6, 6.07) is 0.624. The van der Waals surface area contributed by atoms with Gasteiger partial charge in [0.15, 0.2) is 17.5 Å². The highest BCUT2D eigenvalue weighted by Gasteiger charge is 2.22. The van der Waals surface area contributed by atoms with Gasteiger partial charge in [0.05, 0.1) is 11.6 Å². The van der Waals surface area contributed by atoms with Crippen LogP contribution in [0.5, 0.6) is 0 Å². The van der Waals surface area contributed by atoms with Gasteiger partial charge in [-0.25, -0.2) is 18.0 Å². The first-order chi connectivity index (χ1) is 9.73. The highest BCUT2D eigenvalue weighted by molar-refractivity contribution is 5.89. The molecule has 0 fully saturated rings. The number of anilines is 1. The van der Waals surface area contributed by atoms with Crippen LogP contribution in [0.3, 0.4) is 0 Å². The Morgan fingerprint density at radius 3 is 2.33 bits per heavy atom. The average Bonchev–Trinajstić information content (AvgIpc) is 2.39. The lowest BCUT2D eigenvalue weighted by Gasteiger charge is -2.17. The van der Waals surface area contributed by atoms with Crippen LogP contribution < -0.4 is 10.6 Å². The lowest BCUT2D eigenvalue weighted by atomic mass is 9.96. The first-order valence-electron chi connectivity index (χ1n) is 6.15. The normalized spacial score (nSPS) is 12.1. The number of urea groups is 1. The molecule has 0 aromatic heterocycles. The molecular formula is C13H15F3N2O3. The number of hydrogen-bond donors (Lipinski definition) is 3. The van der Waals surface area contributed by atoms with Crippen LogP contribution in [0.1, 0.15) is 13.8 Å². The number of nitrogens with one attached hydrogen (secondary N) is 2. The molecule has 0 aliphatic carbocycles. The summed E-state index contributed by atoms with van der Waals surface area (Å²) in [5.41, 5.74) is -0.539. The molecule has 5 nitrogen and oxygen atoms in total. The van der Waals surface area contributed by atoms with Crippen molar-refractivity contribution in [3.05, 3.63) is 29.6 Å². The van der Waals surface area contributed by atoms with Crippen molar-refractivity contribution >= 4 is 17.7 Å². The maximum absolute atomic E-state index is 13.3. The summed E-state index contributed by atoms with van der Waals surface area (Å²) in [7, 11) is 0. The lowest BCUT2D eigenvalue weighted by molar-refractivity contribution is -0.142. The predicted molar refractivity (Wildman–Crippen MR) is 69.3 cm³/mol. The third kappa shape index (κ3) is 4.37. The van der Waals surface area contributed by atoms with E-state index < -0.39 is 41.1 Å². The summed E-state index contributed by atoms with van der Waals surface area (Å²) in [6.45, 7) is 3.17. The van der Waals surface area contributed by atoms with Crippen LogP contribution in [0, 0.1) is 29.3 Å². The van der Waals surface area contributed by atoms with E-state index in [1.807, 2.05) is 5.32 Å². The molecule has 0 aliphatic heterocycles. The van der Waals surface area contributed by atoms with Crippen LogP contribution in [-0.2, 0) is 4.79 Å². The zero-order chi connectivity index (χ0) is 16.2. The topological polar surface area (TPSA) is 78.4 Å². The van der Waals surface area contributed by atoms with Gasteiger partial charge in [-0.15, -0.1) is 0 Å². The number of amides is 2. The van der Waals surface area contributed by atoms with E-state index >= 15 is 0 Å². The second kappa shape index (κ2) is 6.96. The van der Waals surface area contributed by atoms with E-state index in [0.29, 0.717) is 6.07 Å². The summed E-state index contributed by atoms with van der Waals surface area (Å²) >= 11 is 0. The highest BCUT2D eigenvalue weighted by atomic mass is 19.2.